The van der Waals surface area contributed by atoms with Crippen molar-refractivity contribution in [2.24, 2.45) is 5.92 Å². The van der Waals surface area contributed by atoms with Crippen molar-refractivity contribution in [1.29, 1.82) is 0 Å². The van der Waals surface area contributed by atoms with E-state index in [1.165, 1.54) is 22.7 Å². The maximum Gasteiger partial charge on any atom is 0.242 e. The number of aryl methyl sites for hydroxylation is 1. The highest BCUT2D eigenvalue weighted by Gasteiger charge is 2.32. The molecule has 1 aliphatic heterocycles. The molecule has 0 saturated carbocycles. The molecule has 2 aromatic rings. The van der Waals surface area contributed by atoms with Crippen molar-refractivity contribution < 1.29 is 4.79 Å². The highest BCUT2D eigenvalue weighted by Crippen LogP contribution is 2.27. The van der Waals surface area contributed by atoms with Crippen LogP contribution in [-0.2, 0) is 11.2 Å². The molecule has 1 amide bonds. The lowest BCUT2D eigenvalue weighted by Gasteiger charge is -2.23. The molecule has 1 aromatic heterocycles. The predicted molar refractivity (Wildman–Crippen MR) is 102 cm³/mol. The molecule has 5 nitrogen and oxygen atoms in total. The Kier molecular flexibility index (Phi) is 5.68. The SMILES string of the molecule is Cc1ccc(Cc2nsc(N3CCC[C@H]3C(=O)NCC(C)C)n2)cc1. The van der Waals surface area contributed by atoms with Crippen LogP contribution in [0.15, 0.2) is 24.3 Å². The van der Waals surface area contributed by atoms with Gasteiger partial charge in [0.05, 0.1) is 0 Å². The Hall–Kier alpha value is -1.95. The molecule has 134 valence electrons. The predicted octanol–water partition coefficient (Wildman–Crippen LogP) is 3.18. The molecule has 1 aliphatic rings. The molecule has 0 unspecified atom stereocenters. The Morgan fingerprint density at radius 1 is 1.36 bits per heavy atom. The summed E-state index contributed by atoms with van der Waals surface area (Å²) in [5, 5.41) is 3.92. The second-order valence-corrected chi connectivity index (χ2v) is 7.88. The topological polar surface area (TPSA) is 58.1 Å². The number of hydrogen-bond acceptors (Lipinski definition) is 5. The van der Waals surface area contributed by atoms with E-state index in [-0.39, 0.29) is 11.9 Å². The normalized spacial score (nSPS) is 17.3. The lowest BCUT2D eigenvalue weighted by molar-refractivity contribution is -0.122. The van der Waals surface area contributed by atoms with Gasteiger partial charge in [-0.2, -0.15) is 4.37 Å². The zero-order valence-electron chi connectivity index (χ0n) is 15.2. The standard InChI is InChI=1S/C19H26N4OS/c1-13(2)12-20-18(24)16-5-4-10-23(16)19-21-17(22-25-19)11-15-8-6-14(3)7-9-15/h6-9,13,16H,4-5,10-12H2,1-3H3,(H,20,24)/t16-/m0/s1. The van der Waals surface area contributed by atoms with Crippen LogP contribution in [0.3, 0.4) is 0 Å². The van der Waals surface area contributed by atoms with Crippen molar-refractivity contribution in [2.75, 3.05) is 18.0 Å². The molecule has 1 fully saturated rings. The lowest BCUT2D eigenvalue weighted by Crippen LogP contribution is -2.44. The fourth-order valence-electron chi connectivity index (χ4n) is 3.01. The van der Waals surface area contributed by atoms with Crippen LogP contribution in [0.25, 0.3) is 0 Å². The van der Waals surface area contributed by atoms with E-state index in [1.807, 2.05) is 0 Å². The zero-order chi connectivity index (χ0) is 17.8. The molecule has 0 radical (unpaired) electrons. The Bertz CT molecular complexity index is 710. The van der Waals surface area contributed by atoms with Gasteiger partial charge in [-0.25, -0.2) is 4.98 Å². The van der Waals surface area contributed by atoms with E-state index in [2.05, 4.69) is 59.6 Å². The third kappa shape index (κ3) is 4.57. The van der Waals surface area contributed by atoms with Crippen molar-refractivity contribution in [3.63, 3.8) is 0 Å². The molecule has 0 aliphatic carbocycles. The van der Waals surface area contributed by atoms with Gasteiger partial charge in [0.15, 0.2) is 0 Å². The van der Waals surface area contributed by atoms with Gasteiger partial charge in [-0.15, -0.1) is 0 Å². The highest BCUT2D eigenvalue weighted by molar-refractivity contribution is 7.09. The van der Waals surface area contributed by atoms with Gasteiger partial charge in [0, 0.05) is 31.0 Å². The first kappa shape index (κ1) is 17.9. The molecule has 0 bridgehead atoms. The van der Waals surface area contributed by atoms with Crippen LogP contribution in [-0.4, -0.2) is 34.4 Å². The first-order chi connectivity index (χ1) is 12.0. The summed E-state index contributed by atoms with van der Waals surface area (Å²) in [7, 11) is 0. The lowest BCUT2D eigenvalue weighted by atomic mass is 10.1. The van der Waals surface area contributed by atoms with Crippen LogP contribution in [0.1, 0.15) is 43.6 Å². The maximum absolute atomic E-state index is 12.5. The molecule has 3 rings (SSSR count). The summed E-state index contributed by atoms with van der Waals surface area (Å²) in [6.45, 7) is 7.89. The van der Waals surface area contributed by atoms with Gasteiger partial charge in [0.25, 0.3) is 0 Å². The number of amides is 1. The van der Waals surface area contributed by atoms with Gasteiger partial charge in [-0.1, -0.05) is 43.7 Å². The third-order valence-corrected chi connectivity index (χ3v) is 5.22. The molecular weight excluding hydrogens is 332 g/mol. The third-order valence-electron chi connectivity index (χ3n) is 4.43. The van der Waals surface area contributed by atoms with Gasteiger partial charge in [-0.05, 0) is 31.2 Å². The number of carbonyl (C=O) groups excluding carboxylic acids is 1. The molecule has 0 spiro atoms. The number of carbonyl (C=O) groups is 1. The largest absolute Gasteiger partial charge is 0.354 e. The number of rotatable bonds is 6. The fraction of sp³-hybridized carbons (Fsp3) is 0.526. The van der Waals surface area contributed by atoms with E-state index in [4.69, 9.17) is 4.98 Å². The summed E-state index contributed by atoms with van der Waals surface area (Å²) in [4.78, 5) is 19.3. The minimum absolute atomic E-state index is 0.112. The Balaban J connectivity index is 1.66. The van der Waals surface area contributed by atoms with Crippen molar-refractivity contribution in [3.8, 4) is 0 Å². The van der Waals surface area contributed by atoms with E-state index in [0.29, 0.717) is 5.92 Å². The van der Waals surface area contributed by atoms with Crippen molar-refractivity contribution in [2.45, 2.75) is 46.1 Å². The average molecular weight is 359 g/mol. The molecular formula is C19H26N4OS. The second-order valence-electron chi connectivity index (χ2n) is 7.15. The summed E-state index contributed by atoms with van der Waals surface area (Å²) < 4.78 is 4.50. The maximum atomic E-state index is 12.5. The summed E-state index contributed by atoms with van der Waals surface area (Å²) >= 11 is 1.40. The van der Waals surface area contributed by atoms with Crippen molar-refractivity contribution >= 4 is 22.6 Å². The summed E-state index contributed by atoms with van der Waals surface area (Å²) in [6.07, 6.45) is 2.64. The number of nitrogens with one attached hydrogen (secondary N) is 1. The molecule has 1 N–H and O–H groups in total. The van der Waals surface area contributed by atoms with E-state index in [9.17, 15) is 4.79 Å². The van der Waals surface area contributed by atoms with Crippen LogP contribution in [0.4, 0.5) is 5.13 Å². The van der Waals surface area contributed by atoms with Crippen LogP contribution in [0, 0.1) is 12.8 Å². The summed E-state index contributed by atoms with van der Waals surface area (Å²) in [6, 6.07) is 8.34. The number of hydrogen-bond donors (Lipinski definition) is 1. The van der Waals surface area contributed by atoms with E-state index >= 15 is 0 Å². The van der Waals surface area contributed by atoms with Gasteiger partial charge in [-0.3, -0.25) is 4.79 Å². The Morgan fingerprint density at radius 2 is 2.12 bits per heavy atom. The minimum Gasteiger partial charge on any atom is -0.354 e. The molecule has 1 saturated heterocycles. The molecule has 25 heavy (non-hydrogen) atoms. The van der Waals surface area contributed by atoms with E-state index in [0.717, 1.165) is 43.3 Å². The summed E-state index contributed by atoms with van der Waals surface area (Å²) in [5.41, 5.74) is 2.46. The number of nitrogens with zero attached hydrogens (tertiary/aromatic N) is 3. The summed E-state index contributed by atoms with van der Waals surface area (Å²) in [5.74, 6) is 1.40. The van der Waals surface area contributed by atoms with Gasteiger partial charge in [0.2, 0.25) is 11.0 Å². The first-order valence-electron chi connectivity index (χ1n) is 8.95. The smallest absolute Gasteiger partial charge is 0.242 e. The molecule has 6 heteroatoms. The van der Waals surface area contributed by atoms with Crippen molar-refractivity contribution in [3.05, 3.63) is 41.2 Å². The Labute approximate surface area is 153 Å². The minimum atomic E-state index is -0.112. The molecule has 2 heterocycles. The number of benzene rings is 1. The van der Waals surface area contributed by atoms with Crippen LogP contribution >= 0.6 is 11.5 Å². The van der Waals surface area contributed by atoms with E-state index < -0.39 is 0 Å². The highest BCUT2D eigenvalue weighted by atomic mass is 32.1. The molecule has 1 atom stereocenters. The number of anilines is 1. The number of aromatic nitrogens is 2. The van der Waals surface area contributed by atoms with Crippen LogP contribution in [0.2, 0.25) is 0 Å². The van der Waals surface area contributed by atoms with Crippen LogP contribution in [0.5, 0.6) is 0 Å². The van der Waals surface area contributed by atoms with Gasteiger partial charge < -0.3 is 10.2 Å². The quantitative estimate of drug-likeness (QED) is 0.862. The Morgan fingerprint density at radius 3 is 2.84 bits per heavy atom. The van der Waals surface area contributed by atoms with Crippen molar-refractivity contribution in [1.82, 2.24) is 14.7 Å². The molecule has 1 aromatic carbocycles. The van der Waals surface area contributed by atoms with E-state index in [1.54, 1.807) is 0 Å². The average Bonchev–Trinajstić information content (AvgIpc) is 3.23. The second kappa shape index (κ2) is 7.95. The van der Waals surface area contributed by atoms with Gasteiger partial charge in [0.1, 0.15) is 11.9 Å². The van der Waals surface area contributed by atoms with Gasteiger partial charge >= 0.3 is 0 Å². The fourth-order valence-corrected chi connectivity index (χ4v) is 3.77. The zero-order valence-corrected chi connectivity index (χ0v) is 16.0. The monoisotopic (exact) mass is 358 g/mol. The first-order valence-corrected chi connectivity index (χ1v) is 9.72. The van der Waals surface area contributed by atoms with Crippen LogP contribution < -0.4 is 10.2 Å².